The van der Waals surface area contributed by atoms with Crippen LogP contribution < -0.4 is 10.6 Å². The van der Waals surface area contributed by atoms with Gasteiger partial charge >= 0.3 is 12.0 Å². The summed E-state index contributed by atoms with van der Waals surface area (Å²) in [7, 11) is 0. The van der Waals surface area contributed by atoms with Crippen LogP contribution in [0, 0.1) is 13.8 Å². The average Bonchev–Trinajstić information content (AvgIpc) is 3.14. The Morgan fingerprint density at radius 3 is 2.31 bits per heavy atom. The number of urea groups is 1. The number of Topliss-reactive ketones (excluding diaryl/α,β-unsaturated/α-hetero) is 1. The van der Waals surface area contributed by atoms with E-state index in [9.17, 15) is 19.2 Å². The largest absolute Gasteiger partial charge is 0.448 e. The number of carbonyl (C=O) groups excluding carboxylic acids is 4. The molecule has 8 heteroatoms. The Balaban J connectivity index is 1.93. The molecule has 1 fully saturated rings. The first-order valence-corrected chi connectivity index (χ1v) is 8.73. The zero-order chi connectivity index (χ0) is 19.4. The summed E-state index contributed by atoms with van der Waals surface area (Å²) < 4.78 is 5.12. The monoisotopic (exact) mass is 363 g/mol. The van der Waals surface area contributed by atoms with Crippen LogP contribution in [0.3, 0.4) is 0 Å². The van der Waals surface area contributed by atoms with Gasteiger partial charge in [0.05, 0.1) is 0 Å². The number of hydrogen-bond acceptors (Lipinski definition) is 5. The van der Waals surface area contributed by atoms with Crippen LogP contribution in [-0.2, 0) is 9.53 Å². The Kier molecular flexibility index (Phi) is 6.18. The van der Waals surface area contributed by atoms with Crippen molar-refractivity contribution in [2.45, 2.75) is 65.5 Å². The number of carbonyl (C=O) groups is 4. The Morgan fingerprint density at radius 2 is 1.77 bits per heavy atom. The molecular formula is C18H25N3O5. The fourth-order valence-electron chi connectivity index (χ4n) is 3.26. The number of ether oxygens (including phenoxy) is 1. The summed E-state index contributed by atoms with van der Waals surface area (Å²) in [6.45, 7) is 6.12. The van der Waals surface area contributed by atoms with Crippen LogP contribution in [0.25, 0.3) is 0 Å². The molecule has 3 amide bonds. The van der Waals surface area contributed by atoms with Crippen LogP contribution in [0.1, 0.15) is 71.6 Å². The summed E-state index contributed by atoms with van der Waals surface area (Å²) in [5, 5.41) is 4.91. The van der Waals surface area contributed by atoms with Crippen molar-refractivity contribution in [1.29, 1.82) is 0 Å². The number of nitrogens with one attached hydrogen (secondary N) is 3. The van der Waals surface area contributed by atoms with E-state index in [1.807, 2.05) is 0 Å². The number of aryl methyl sites for hydroxylation is 1. The van der Waals surface area contributed by atoms with Crippen LogP contribution in [0.2, 0.25) is 0 Å². The second-order valence-electron chi connectivity index (χ2n) is 6.67. The third-order valence-electron chi connectivity index (χ3n) is 4.57. The van der Waals surface area contributed by atoms with Gasteiger partial charge in [-0.1, -0.05) is 12.8 Å². The van der Waals surface area contributed by atoms with E-state index >= 15 is 0 Å². The predicted octanol–water partition coefficient (Wildman–Crippen LogP) is 2.15. The first-order valence-electron chi connectivity index (χ1n) is 8.73. The second-order valence-corrected chi connectivity index (χ2v) is 6.67. The fourth-order valence-corrected chi connectivity index (χ4v) is 3.26. The van der Waals surface area contributed by atoms with E-state index in [1.165, 1.54) is 13.8 Å². The zero-order valence-corrected chi connectivity index (χ0v) is 15.5. The van der Waals surface area contributed by atoms with Crippen molar-refractivity contribution in [2.24, 2.45) is 0 Å². The summed E-state index contributed by atoms with van der Waals surface area (Å²) in [5.41, 5.74) is 1.61. The first kappa shape index (κ1) is 19.7. The van der Waals surface area contributed by atoms with Crippen LogP contribution in [0.15, 0.2) is 0 Å². The van der Waals surface area contributed by atoms with Crippen molar-refractivity contribution in [2.75, 3.05) is 0 Å². The molecule has 1 aliphatic carbocycles. The Morgan fingerprint density at radius 1 is 1.15 bits per heavy atom. The topological polar surface area (TPSA) is 117 Å². The highest BCUT2D eigenvalue weighted by Gasteiger charge is 2.26. The lowest BCUT2D eigenvalue weighted by Gasteiger charge is -2.15. The van der Waals surface area contributed by atoms with E-state index < -0.39 is 24.0 Å². The number of H-pyrrole nitrogens is 1. The molecule has 1 heterocycles. The minimum Gasteiger partial charge on any atom is -0.448 e. The highest BCUT2D eigenvalue weighted by molar-refractivity contribution is 6.02. The van der Waals surface area contributed by atoms with E-state index in [0.717, 1.165) is 25.7 Å². The molecule has 0 saturated heterocycles. The van der Waals surface area contributed by atoms with E-state index in [1.54, 1.807) is 13.8 Å². The van der Waals surface area contributed by atoms with Crippen LogP contribution in [-0.4, -0.2) is 40.8 Å². The predicted molar refractivity (Wildman–Crippen MR) is 94.1 cm³/mol. The van der Waals surface area contributed by atoms with Gasteiger partial charge in [-0.05, 0) is 46.1 Å². The van der Waals surface area contributed by atoms with Crippen molar-refractivity contribution in [3.8, 4) is 0 Å². The molecule has 142 valence electrons. The molecule has 0 bridgehead atoms. The highest BCUT2D eigenvalue weighted by atomic mass is 16.5. The van der Waals surface area contributed by atoms with E-state index in [-0.39, 0.29) is 17.5 Å². The summed E-state index contributed by atoms with van der Waals surface area (Å²) in [5.74, 6) is -1.62. The Labute approximate surface area is 152 Å². The lowest BCUT2D eigenvalue weighted by Crippen LogP contribution is -2.47. The normalized spacial score (nSPS) is 15.4. The number of aromatic amines is 1. The molecule has 0 aliphatic heterocycles. The average molecular weight is 363 g/mol. The van der Waals surface area contributed by atoms with Crippen molar-refractivity contribution >= 4 is 23.7 Å². The number of amides is 3. The van der Waals surface area contributed by atoms with Crippen LogP contribution >= 0.6 is 0 Å². The highest BCUT2D eigenvalue weighted by Crippen LogP contribution is 2.20. The SMILES string of the molecule is CC(=O)c1c(C)[nH]c(C(=O)O[C@H](C)C(=O)NC(=O)NC2CCCC2)c1C. The van der Waals surface area contributed by atoms with Gasteiger partial charge in [-0.25, -0.2) is 9.59 Å². The number of imide groups is 1. The minimum absolute atomic E-state index is 0.0789. The number of aromatic nitrogens is 1. The fraction of sp³-hybridized carbons (Fsp3) is 0.556. The van der Waals surface area contributed by atoms with Gasteiger partial charge in [0.15, 0.2) is 11.9 Å². The molecule has 0 radical (unpaired) electrons. The molecule has 3 N–H and O–H groups in total. The van der Waals surface area contributed by atoms with Gasteiger partial charge in [0.2, 0.25) is 0 Å². The third kappa shape index (κ3) is 4.50. The van der Waals surface area contributed by atoms with Crippen molar-refractivity contribution in [3.05, 3.63) is 22.5 Å². The molecule has 26 heavy (non-hydrogen) atoms. The van der Waals surface area contributed by atoms with Crippen LogP contribution in [0.5, 0.6) is 0 Å². The lowest BCUT2D eigenvalue weighted by molar-refractivity contribution is -0.127. The van der Waals surface area contributed by atoms with Gasteiger partial charge in [-0.2, -0.15) is 0 Å². The van der Waals surface area contributed by atoms with E-state index in [2.05, 4.69) is 15.6 Å². The maximum atomic E-state index is 12.3. The summed E-state index contributed by atoms with van der Waals surface area (Å²) >= 11 is 0. The molecule has 1 aromatic heterocycles. The van der Waals surface area contributed by atoms with E-state index in [0.29, 0.717) is 16.8 Å². The lowest BCUT2D eigenvalue weighted by atomic mass is 10.1. The standard InChI is InChI=1S/C18H25N3O5/c1-9-14(11(3)22)10(2)19-15(9)17(24)26-12(4)16(23)21-18(25)20-13-7-5-6-8-13/h12-13,19H,5-8H2,1-4H3,(H2,20,21,23,25)/t12-/m1/s1. The number of hydrogen-bond donors (Lipinski definition) is 3. The molecule has 1 aliphatic rings. The first-order chi connectivity index (χ1) is 12.2. The van der Waals surface area contributed by atoms with Crippen molar-refractivity contribution < 1.29 is 23.9 Å². The number of rotatable bonds is 5. The Hall–Kier alpha value is -2.64. The van der Waals surface area contributed by atoms with Gasteiger partial charge in [-0.15, -0.1) is 0 Å². The Bertz CT molecular complexity index is 731. The molecule has 0 aromatic carbocycles. The third-order valence-corrected chi connectivity index (χ3v) is 4.57. The molecular weight excluding hydrogens is 338 g/mol. The van der Waals surface area contributed by atoms with E-state index in [4.69, 9.17) is 4.74 Å². The zero-order valence-electron chi connectivity index (χ0n) is 15.5. The van der Waals surface area contributed by atoms with Gasteiger partial charge in [-0.3, -0.25) is 14.9 Å². The van der Waals surface area contributed by atoms with Gasteiger partial charge in [0.25, 0.3) is 5.91 Å². The molecule has 8 nitrogen and oxygen atoms in total. The van der Waals surface area contributed by atoms with Gasteiger partial charge < -0.3 is 15.0 Å². The quantitative estimate of drug-likeness (QED) is 0.547. The molecule has 2 rings (SSSR count). The maximum Gasteiger partial charge on any atom is 0.355 e. The molecule has 1 aromatic rings. The smallest absolute Gasteiger partial charge is 0.355 e. The molecule has 1 saturated carbocycles. The minimum atomic E-state index is -1.15. The number of ketones is 1. The summed E-state index contributed by atoms with van der Waals surface area (Å²) in [4.78, 5) is 50.6. The van der Waals surface area contributed by atoms with Crippen LogP contribution in [0.4, 0.5) is 4.79 Å². The maximum absolute atomic E-state index is 12.3. The summed E-state index contributed by atoms with van der Waals surface area (Å²) in [6, 6.07) is -0.509. The van der Waals surface area contributed by atoms with Gasteiger partial charge in [0.1, 0.15) is 5.69 Å². The van der Waals surface area contributed by atoms with Crippen molar-refractivity contribution in [3.63, 3.8) is 0 Å². The van der Waals surface area contributed by atoms with Crippen molar-refractivity contribution in [1.82, 2.24) is 15.6 Å². The molecule has 1 atom stereocenters. The molecule has 0 spiro atoms. The number of esters is 1. The summed E-state index contributed by atoms with van der Waals surface area (Å²) in [6.07, 6.45) is 2.76. The van der Waals surface area contributed by atoms with Gasteiger partial charge in [0, 0.05) is 17.3 Å². The molecule has 0 unspecified atom stereocenters. The second kappa shape index (κ2) is 8.16.